The zero-order valence-corrected chi connectivity index (χ0v) is 13.0. The standard InChI is InChI=1S/C18H26N2O/c1-19-13-15-9-12-20(14-15)17(21)18(10-5-6-11-18)16-7-3-2-4-8-16/h2-4,7-8,15,19H,5-6,9-14H2,1H3. The van der Waals surface area contributed by atoms with Gasteiger partial charge in [-0.05, 0) is 44.3 Å². The Bertz CT molecular complexity index is 479. The van der Waals surface area contributed by atoms with Crippen LogP contribution in [0.4, 0.5) is 0 Å². The molecule has 3 heteroatoms. The number of carbonyl (C=O) groups is 1. The topological polar surface area (TPSA) is 32.3 Å². The van der Waals surface area contributed by atoms with E-state index in [1.807, 2.05) is 13.1 Å². The first-order chi connectivity index (χ1) is 10.3. The van der Waals surface area contributed by atoms with Crippen LogP contribution in [0.25, 0.3) is 0 Å². The van der Waals surface area contributed by atoms with Crippen molar-refractivity contribution in [2.45, 2.75) is 37.5 Å². The molecule has 1 aliphatic carbocycles. The summed E-state index contributed by atoms with van der Waals surface area (Å²) in [7, 11) is 1.99. The number of hydrogen-bond acceptors (Lipinski definition) is 2. The van der Waals surface area contributed by atoms with Gasteiger partial charge >= 0.3 is 0 Å². The first-order valence-electron chi connectivity index (χ1n) is 8.26. The van der Waals surface area contributed by atoms with E-state index in [1.165, 1.54) is 18.4 Å². The largest absolute Gasteiger partial charge is 0.342 e. The first kappa shape index (κ1) is 14.6. The number of nitrogens with one attached hydrogen (secondary N) is 1. The maximum Gasteiger partial charge on any atom is 0.233 e. The molecule has 1 amide bonds. The molecule has 0 aromatic heterocycles. The molecule has 3 rings (SSSR count). The molecule has 1 aliphatic heterocycles. The van der Waals surface area contributed by atoms with Crippen LogP contribution in [0.15, 0.2) is 30.3 Å². The number of carbonyl (C=O) groups excluding carboxylic acids is 1. The first-order valence-corrected chi connectivity index (χ1v) is 8.26. The van der Waals surface area contributed by atoms with Crippen molar-refractivity contribution in [3.8, 4) is 0 Å². The van der Waals surface area contributed by atoms with Crippen molar-refractivity contribution in [1.29, 1.82) is 0 Å². The minimum absolute atomic E-state index is 0.240. The molecule has 3 nitrogen and oxygen atoms in total. The van der Waals surface area contributed by atoms with Crippen molar-refractivity contribution in [3.05, 3.63) is 35.9 Å². The number of rotatable bonds is 4. The van der Waals surface area contributed by atoms with E-state index in [0.717, 1.165) is 38.9 Å². The highest BCUT2D eigenvalue weighted by Gasteiger charge is 2.45. The van der Waals surface area contributed by atoms with Crippen molar-refractivity contribution in [3.63, 3.8) is 0 Å². The fraction of sp³-hybridized carbons (Fsp3) is 0.611. The molecule has 1 aromatic rings. The molecule has 1 saturated heterocycles. The average Bonchev–Trinajstić information content (AvgIpc) is 3.18. The predicted octanol–water partition coefficient (Wildman–Crippen LogP) is 2.57. The van der Waals surface area contributed by atoms with Crippen LogP contribution in [-0.4, -0.2) is 37.5 Å². The van der Waals surface area contributed by atoms with Gasteiger partial charge in [-0.25, -0.2) is 0 Å². The third-order valence-electron chi connectivity index (χ3n) is 5.26. The maximum atomic E-state index is 13.2. The minimum atomic E-state index is -0.240. The van der Waals surface area contributed by atoms with E-state index in [2.05, 4.69) is 34.5 Å². The number of amides is 1. The summed E-state index contributed by atoms with van der Waals surface area (Å²) in [5.74, 6) is 0.998. The van der Waals surface area contributed by atoms with Gasteiger partial charge in [0.15, 0.2) is 0 Å². The third kappa shape index (κ3) is 2.71. The number of benzene rings is 1. The molecule has 1 saturated carbocycles. The molecule has 114 valence electrons. The Kier molecular flexibility index (Phi) is 4.29. The fourth-order valence-corrected chi connectivity index (χ4v) is 4.14. The van der Waals surface area contributed by atoms with E-state index >= 15 is 0 Å². The van der Waals surface area contributed by atoms with Crippen LogP contribution in [-0.2, 0) is 10.2 Å². The minimum Gasteiger partial charge on any atom is -0.342 e. The summed E-state index contributed by atoms with van der Waals surface area (Å²) in [6, 6.07) is 10.5. The lowest BCUT2D eigenvalue weighted by molar-refractivity contribution is -0.136. The van der Waals surface area contributed by atoms with Crippen LogP contribution >= 0.6 is 0 Å². The monoisotopic (exact) mass is 286 g/mol. The van der Waals surface area contributed by atoms with E-state index in [4.69, 9.17) is 0 Å². The molecule has 1 unspecified atom stereocenters. The molecule has 1 aromatic carbocycles. The lowest BCUT2D eigenvalue weighted by atomic mass is 9.77. The van der Waals surface area contributed by atoms with E-state index in [1.54, 1.807) is 0 Å². The molecule has 1 heterocycles. The molecule has 1 atom stereocenters. The van der Waals surface area contributed by atoms with Crippen LogP contribution in [0.3, 0.4) is 0 Å². The van der Waals surface area contributed by atoms with Gasteiger partial charge in [0.2, 0.25) is 5.91 Å². The summed E-state index contributed by atoms with van der Waals surface area (Å²) in [5, 5.41) is 3.24. The Hall–Kier alpha value is -1.35. The van der Waals surface area contributed by atoms with Gasteiger partial charge in [-0.3, -0.25) is 4.79 Å². The predicted molar refractivity (Wildman–Crippen MR) is 85.2 cm³/mol. The molecule has 21 heavy (non-hydrogen) atoms. The average molecular weight is 286 g/mol. The zero-order chi connectivity index (χ0) is 14.7. The highest BCUT2D eigenvalue weighted by atomic mass is 16.2. The van der Waals surface area contributed by atoms with Crippen LogP contribution in [0, 0.1) is 5.92 Å². The Balaban J connectivity index is 1.80. The summed E-state index contributed by atoms with van der Waals surface area (Å²) in [6.07, 6.45) is 5.52. The Morgan fingerprint density at radius 3 is 2.67 bits per heavy atom. The second kappa shape index (κ2) is 6.18. The van der Waals surface area contributed by atoms with Crippen molar-refractivity contribution < 1.29 is 4.79 Å². The number of nitrogens with zero attached hydrogens (tertiary/aromatic N) is 1. The Labute approximate surface area is 127 Å². The van der Waals surface area contributed by atoms with E-state index < -0.39 is 0 Å². The number of hydrogen-bond donors (Lipinski definition) is 1. The molecular formula is C18H26N2O. The van der Waals surface area contributed by atoms with Gasteiger partial charge in [-0.1, -0.05) is 43.2 Å². The smallest absolute Gasteiger partial charge is 0.233 e. The maximum absolute atomic E-state index is 13.2. The summed E-state index contributed by atoms with van der Waals surface area (Å²) < 4.78 is 0. The second-order valence-electron chi connectivity index (χ2n) is 6.62. The van der Waals surface area contributed by atoms with Crippen molar-refractivity contribution >= 4 is 5.91 Å². The van der Waals surface area contributed by atoms with Gasteiger partial charge < -0.3 is 10.2 Å². The van der Waals surface area contributed by atoms with Gasteiger partial charge in [-0.2, -0.15) is 0 Å². The summed E-state index contributed by atoms with van der Waals surface area (Å²) in [4.78, 5) is 15.4. The molecule has 0 spiro atoms. The highest BCUT2D eigenvalue weighted by molar-refractivity contribution is 5.89. The second-order valence-corrected chi connectivity index (χ2v) is 6.62. The summed E-state index contributed by atoms with van der Waals surface area (Å²) in [6.45, 7) is 2.87. The molecule has 2 aliphatic rings. The highest BCUT2D eigenvalue weighted by Crippen LogP contribution is 2.43. The van der Waals surface area contributed by atoms with Crippen molar-refractivity contribution in [2.24, 2.45) is 5.92 Å². The molecule has 0 bridgehead atoms. The van der Waals surface area contributed by atoms with Gasteiger partial charge in [0.1, 0.15) is 0 Å². The molecular weight excluding hydrogens is 260 g/mol. The summed E-state index contributed by atoms with van der Waals surface area (Å²) >= 11 is 0. The third-order valence-corrected chi connectivity index (χ3v) is 5.26. The molecule has 1 N–H and O–H groups in total. The normalized spacial score (nSPS) is 24.4. The SMILES string of the molecule is CNCC1CCN(C(=O)C2(c3ccccc3)CCCC2)C1. The van der Waals surface area contributed by atoms with Crippen LogP contribution in [0.5, 0.6) is 0 Å². The van der Waals surface area contributed by atoms with Gasteiger partial charge in [0.25, 0.3) is 0 Å². The van der Waals surface area contributed by atoms with Gasteiger partial charge in [0, 0.05) is 13.1 Å². The lowest BCUT2D eigenvalue weighted by Gasteiger charge is -2.33. The quantitative estimate of drug-likeness (QED) is 0.922. The molecule has 0 radical (unpaired) electrons. The van der Waals surface area contributed by atoms with E-state index in [-0.39, 0.29) is 5.41 Å². The molecule has 2 fully saturated rings. The van der Waals surface area contributed by atoms with Gasteiger partial charge in [0.05, 0.1) is 5.41 Å². The van der Waals surface area contributed by atoms with Crippen molar-refractivity contribution in [2.75, 3.05) is 26.7 Å². The lowest BCUT2D eigenvalue weighted by Crippen LogP contribution is -2.44. The van der Waals surface area contributed by atoms with Gasteiger partial charge in [-0.15, -0.1) is 0 Å². The van der Waals surface area contributed by atoms with E-state index in [0.29, 0.717) is 11.8 Å². The van der Waals surface area contributed by atoms with Crippen molar-refractivity contribution in [1.82, 2.24) is 10.2 Å². The van der Waals surface area contributed by atoms with Crippen LogP contribution < -0.4 is 5.32 Å². The van der Waals surface area contributed by atoms with Crippen LogP contribution in [0.2, 0.25) is 0 Å². The number of likely N-dealkylation sites (tertiary alicyclic amines) is 1. The Morgan fingerprint density at radius 1 is 1.29 bits per heavy atom. The van der Waals surface area contributed by atoms with Crippen LogP contribution in [0.1, 0.15) is 37.7 Å². The Morgan fingerprint density at radius 2 is 2.00 bits per heavy atom. The summed E-state index contributed by atoms with van der Waals surface area (Å²) in [5.41, 5.74) is 0.986. The zero-order valence-electron chi connectivity index (χ0n) is 13.0. The van der Waals surface area contributed by atoms with E-state index in [9.17, 15) is 4.79 Å². The fourth-order valence-electron chi connectivity index (χ4n) is 4.14.